The quantitative estimate of drug-likeness (QED) is 0.660. The lowest BCUT2D eigenvalue weighted by molar-refractivity contribution is -0.112. The number of carbonyl (C=O) groups is 1. The first kappa shape index (κ1) is 8.69. The van der Waals surface area contributed by atoms with E-state index in [-0.39, 0.29) is 0 Å². The van der Waals surface area contributed by atoms with Crippen LogP contribution in [0.2, 0.25) is 0 Å². The highest BCUT2D eigenvalue weighted by Crippen LogP contribution is 2.18. The van der Waals surface area contributed by atoms with Crippen molar-refractivity contribution in [3.8, 4) is 0 Å². The van der Waals surface area contributed by atoms with Gasteiger partial charge in [-0.25, -0.2) is 4.99 Å². The number of carbonyl (C=O) groups excluding carboxylic acids is 1. The molecule has 3 nitrogen and oxygen atoms in total. The minimum atomic E-state index is -0.511. The number of ether oxygens (including phenoxy) is 1. The van der Waals surface area contributed by atoms with Gasteiger partial charge in [-0.2, -0.15) is 0 Å². The highest BCUT2D eigenvalue weighted by atomic mass is 16.5. The molecule has 3 heteroatoms. The van der Waals surface area contributed by atoms with Gasteiger partial charge in [-0.05, 0) is 6.08 Å². The molecular formula is C11H9NO2. The average Bonchev–Trinajstić information content (AvgIpc) is 2.30. The van der Waals surface area contributed by atoms with E-state index < -0.39 is 6.10 Å². The van der Waals surface area contributed by atoms with Crippen LogP contribution in [0, 0.1) is 0 Å². The first-order valence-electron chi connectivity index (χ1n) is 4.30. The van der Waals surface area contributed by atoms with E-state index >= 15 is 0 Å². The van der Waals surface area contributed by atoms with Crippen molar-refractivity contribution in [2.75, 3.05) is 0 Å². The van der Waals surface area contributed by atoms with Crippen LogP contribution in [0.5, 0.6) is 0 Å². The highest BCUT2D eigenvalue weighted by Gasteiger charge is 2.10. The summed E-state index contributed by atoms with van der Waals surface area (Å²) in [4.78, 5) is 14.6. The topological polar surface area (TPSA) is 38.7 Å². The van der Waals surface area contributed by atoms with Gasteiger partial charge in [-0.15, -0.1) is 0 Å². The molecule has 70 valence electrons. The number of hydrogen-bond donors (Lipinski definition) is 0. The largest absolute Gasteiger partial charge is 0.468 e. The summed E-state index contributed by atoms with van der Waals surface area (Å²) in [6.07, 6.45) is 3.24. The molecule has 1 aliphatic heterocycles. The molecule has 0 bridgehead atoms. The molecule has 14 heavy (non-hydrogen) atoms. The van der Waals surface area contributed by atoms with E-state index in [0.29, 0.717) is 0 Å². The van der Waals surface area contributed by atoms with Gasteiger partial charge in [0.05, 0.1) is 5.70 Å². The minimum absolute atomic E-state index is 0.511. The van der Waals surface area contributed by atoms with Crippen LogP contribution in [-0.2, 0) is 9.53 Å². The van der Waals surface area contributed by atoms with Crippen molar-refractivity contribution in [2.24, 2.45) is 4.99 Å². The molecule has 1 heterocycles. The van der Waals surface area contributed by atoms with E-state index in [9.17, 15) is 4.79 Å². The van der Waals surface area contributed by atoms with Gasteiger partial charge in [-0.3, -0.25) is 4.79 Å². The lowest BCUT2D eigenvalue weighted by atomic mass is 10.1. The first-order valence-corrected chi connectivity index (χ1v) is 4.30. The Balaban J connectivity index is 2.31. The second kappa shape index (κ2) is 3.87. The second-order valence-corrected chi connectivity index (χ2v) is 2.89. The first-order chi connectivity index (χ1) is 6.90. The predicted molar refractivity (Wildman–Crippen MR) is 53.8 cm³/mol. The van der Waals surface area contributed by atoms with E-state index in [4.69, 9.17) is 4.74 Å². The van der Waals surface area contributed by atoms with Gasteiger partial charge in [0, 0.05) is 5.56 Å². The van der Waals surface area contributed by atoms with Gasteiger partial charge >= 0.3 is 0 Å². The Morgan fingerprint density at radius 2 is 2.07 bits per heavy atom. The molecule has 0 fully saturated rings. The van der Waals surface area contributed by atoms with Gasteiger partial charge in [0.1, 0.15) is 0 Å². The molecule has 1 aromatic carbocycles. The average molecular weight is 187 g/mol. The van der Waals surface area contributed by atoms with Gasteiger partial charge < -0.3 is 4.74 Å². The van der Waals surface area contributed by atoms with Crippen LogP contribution in [0.1, 0.15) is 5.56 Å². The van der Waals surface area contributed by atoms with Crippen LogP contribution < -0.4 is 0 Å². The highest BCUT2D eigenvalue weighted by molar-refractivity contribution is 5.78. The lowest BCUT2D eigenvalue weighted by Crippen LogP contribution is -2.13. The summed E-state index contributed by atoms with van der Waals surface area (Å²) in [7, 11) is 0. The second-order valence-electron chi connectivity index (χ2n) is 2.89. The lowest BCUT2D eigenvalue weighted by Gasteiger charge is -2.11. The van der Waals surface area contributed by atoms with Crippen molar-refractivity contribution in [3.63, 3.8) is 0 Å². The Hall–Kier alpha value is -1.90. The van der Waals surface area contributed by atoms with E-state index in [1.165, 1.54) is 6.40 Å². The van der Waals surface area contributed by atoms with Crippen molar-refractivity contribution in [1.29, 1.82) is 0 Å². The molecule has 0 aromatic heterocycles. The summed E-state index contributed by atoms with van der Waals surface area (Å²) in [6, 6.07) is 9.67. The number of aliphatic imine (C=N–C) groups is 1. The third-order valence-corrected chi connectivity index (χ3v) is 1.94. The van der Waals surface area contributed by atoms with Gasteiger partial charge in [-0.1, -0.05) is 30.3 Å². The number of benzene rings is 1. The maximum Gasteiger partial charge on any atom is 0.176 e. The van der Waals surface area contributed by atoms with Gasteiger partial charge in [0.15, 0.2) is 18.8 Å². The summed E-state index contributed by atoms with van der Waals surface area (Å²) in [5, 5.41) is 0. The maximum absolute atomic E-state index is 10.5. The maximum atomic E-state index is 10.5. The van der Waals surface area contributed by atoms with E-state index in [1.807, 2.05) is 30.3 Å². The van der Waals surface area contributed by atoms with E-state index in [2.05, 4.69) is 4.99 Å². The minimum Gasteiger partial charge on any atom is -0.468 e. The molecule has 0 radical (unpaired) electrons. The van der Waals surface area contributed by atoms with Crippen LogP contribution in [0.15, 0.2) is 41.4 Å². The number of aldehydes is 1. The summed E-state index contributed by atoms with van der Waals surface area (Å²) in [6.45, 7) is 0. The van der Waals surface area contributed by atoms with Gasteiger partial charge in [0.2, 0.25) is 0 Å². The monoisotopic (exact) mass is 187 g/mol. The fraction of sp³-hybridized carbons (Fsp3) is 0.0909. The van der Waals surface area contributed by atoms with Gasteiger partial charge in [0.25, 0.3) is 0 Å². The standard InChI is InChI=1S/C11H9NO2/c13-7-10-6-11(12-8-14-10)9-4-2-1-3-5-9/h1-8,10H. The Labute approximate surface area is 81.7 Å². The zero-order chi connectivity index (χ0) is 9.80. The fourth-order valence-corrected chi connectivity index (χ4v) is 1.25. The Morgan fingerprint density at radius 1 is 1.29 bits per heavy atom. The van der Waals surface area contributed by atoms with E-state index in [0.717, 1.165) is 17.5 Å². The third-order valence-electron chi connectivity index (χ3n) is 1.94. The van der Waals surface area contributed by atoms with Crippen molar-refractivity contribution in [3.05, 3.63) is 42.0 Å². The van der Waals surface area contributed by atoms with Crippen molar-refractivity contribution < 1.29 is 9.53 Å². The third kappa shape index (κ3) is 1.71. The van der Waals surface area contributed by atoms with Crippen LogP contribution in [0.3, 0.4) is 0 Å². The summed E-state index contributed by atoms with van der Waals surface area (Å²) in [5.41, 5.74) is 1.76. The predicted octanol–water partition coefficient (Wildman–Crippen LogP) is 1.65. The smallest absolute Gasteiger partial charge is 0.176 e. The van der Waals surface area contributed by atoms with Crippen LogP contribution in [-0.4, -0.2) is 18.8 Å². The van der Waals surface area contributed by atoms with Crippen LogP contribution >= 0.6 is 0 Å². The molecule has 0 saturated heterocycles. The summed E-state index contributed by atoms with van der Waals surface area (Å²) >= 11 is 0. The van der Waals surface area contributed by atoms with Crippen molar-refractivity contribution >= 4 is 18.4 Å². The number of hydrogen-bond acceptors (Lipinski definition) is 3. The normalized spacial score (nSPS) is 19.7. The van der Waals surface area contributed by atoms with Crippen molar-refractivity contribution in [2.45, 2.75) is 6.10 Å². The fourth-order valence-electron chi connectivity index (χ4n) is 1.25. The Bertz CT molecular complexity index is 382. The molecule has 1 atom stereocenters. The molecule has 0 spiro atoms. The van der Waals surface area contributed by atoms with Crippen LogP contribution in [0.4, 0.5) is 0 Å². The van der Waals surface area contributed by atoms with E-state index in [1.54, 1.807) is 6.08 Å². The Kier molecular flexibility index (Phi) is 2.40. The summed E-state index contributed by atoms with van der Waals surface area (Å²) < 4.78 is 4.94. The molecule has 1 unspecified atom stereocenters. The zero-order valence-corrected chi connectivity index (χ0v) is 7.46. The molecule has 1 aliphatic rings. The summed E-state index contributed by atoms with van der Waals surface area (Å²) in [5.74, 6) is 0. The molecule has 0 aliphatic carbocycles. The number of rotatable bonds is 2. The molecule has 2 rings (SSSR count). The molecule has 0 amide bonds. The molecule has 0 N–H and O–H groups in total. The Morgan fingerprint density at radius 3 is 2.79 bits per heavy atom. The van der Waals surface area contributed by atoms with Crippen molar-refractivity contribution in [1.82, 2.24) is 0 Å². The number of nitrogens with zero attached hydrogens (tertiary/aromatic N) is 1. The molecular weight excluding hydrogens is 178 g/mol. The van der Waals surface area contributed by atoms with Crippen LogP contribution in [0.25, 0.3) is 5.70 Å². The SMILES string of the molecule is O=CC1C=C(c2ccccc2)N=CO1. The zero-order valence-electron chi connectivity index (χ0n) is 7.46. The molecule has 0 saturated carbocycles. The molecule has 1 aromatic rings.